The number of rotatable bonds is 4. The molecule has 0 aromatic carbocycles. The summed E-state index contributed by atoms with van der Waals surface area (Å²) in [5.74, 6) is 0. The Hall–Kier alpha value is 0.648. The second-order valence-corrected chi connectivity index (χ2v) is 1.60. The minimum Gasteiger partial charge on any atom is -0.346 e. The third kappa shape index (κ3) is 9.82. The first-order valence-corrected chi connectivity index (χ1v) is 2.91. The van der Waals surface area contributed by atoms with Crippen molar-refractivity contribution < 1.29 is 21.1 Å². The molecule has 2 heteroatoms. The standard InChI is InChI=1S/C6H14N.W/c1-3-5-6-7-4-2;/h7H,2-6H2,1H3;/q-1;. The van der Waals surface area contributed by atoms with Crippen molar-refractivity contribution in [3.63, 3.8) is 0 Å². The summed E-state index contributed by atoms with van der Waals surface area (Å²) < 4.78 is 0. The Balaban J connectivity index is 0. The van der Waals surface area contributed by atoms with Crippen molar-refractivity contribution in [3.8, 4) is 0 Å². The molecule has 0 fully saturated rings. The summed E-state index contributed by atoms with van der Waals surface area (Å²) in [6.45, 7) is 7.82. The van der Waals surface area contributed by atoms with Crippen LogP contribution in [0.15, 0.2) is 0 Å². The Labute approximate surface area is 66.5 Å². The second kappa shape index (κ2) is 10.6. The predicted octanol–water partition coefficient (Wildman–Crippen LogP) is 1.21. The van der Waals surface area contributed by atoms with Gasteiger partial charge in [-0.1, -0.05) is 13.3 Å². The van der Waals surface area contributed by atoms with Crippen LogP contribution < -0.4 is 5.32 Å². The molecule has 0 rings (SSSR count). The zero-order valence-corrected chi connectivity index (χ0v) is 8.38. The van der Waals surface area contributed by atoms with Crippen LogP contribution in [0.1, 0.15) is 19.8 Å². The summed E-state index contributed by atoms with van der Waals surface area (Å²) in [5.41, 5.74) is 0. The van der Waals surface area contributed by atoms with Crippen LogP contribution >= 0.6 is 0 Å². The van der Waals surface area contributed by atoms with Gasteiger partial charge in [0.15, 0.2) is 0 Å². The Bertz CT molecular complexity index is 27.7. The molecule has 0 bridgehead atoms. The zero-order chi connectivity index (χ0) is 5.54. The molecule has 1 nitrogen and oxygen atoms in total. The third-order valence-electron chi connectivity index (χ3n) is 0.884. The van der Waals surface area contributed by atoms with Crippen molar-refractivity contribution in [2.24, 2.45) is 0 Å². The van der Waals surface area contributed by atoms with Gasteiger partial charge in [-0.2, -0.15) is 0 Å². The summed E-state index contributed by atoms with van der Waals surface area (Å²) in [7, 11) is 0. The summed E-state index contributed by atoms with van der Waals surface area (Å²) >= 11 is 0. The number of nitrogens with one attached hydrogen (secondary N) is 1. The molecule has 0 saturated heterocycles. The normalized spacial score (nSPS) is 8.25. The molecule has 0 atom stereocenters. The first-order valence-electron chi connectivity index (χ1n) is 2.91. The minimum absolute atomic E-state index is 0. The van der Waals surface area contributed by atoms with Gasteiger partial charge in [0.25, 0.3) is 0 Å². The molecule has 0 aliphatic heterocycles. The molecule has 0 heterocycles. The summed E-state index contributed by atoms with van der Waals surface area (Å²) in [6.07, 6.45) is 2.54. The molecule has 0 radical (unpaired) electrons. The molecule has 0 aromatic heterocycles. The summed E-state index contributed by atoms with van der Waals surface area (Å²) in [6, 6.07) is 0. The van der Waals surface area contributed by atoms with E-state index < -0.39 is 0 Å². The maximum absolute atomic E-state index is 3.65. The predicted molar refractivity (Wildman–Crippen MR) is 33.1 cm³/mol. The fourth-order valence-corrected chi connectivity index (χ4v) is 0.427. The second-order valence-electron chi connectivity index (χ2n) is 1.60. The van der Waals surface area contributed by atoms with Crippen LogP contribution in [0.2, 0.25) is 0 Å². The quantitative estimate of drug-likeness (QED) is 0.604. The van der Waals surface area contributed by atoms with Crippen molar-refractivity contribution in [2.75, 3.05) is 13.1 Å². The molecule has 0 amide bonds. The Morgan fingerprint density at radius 2 is 2.12 bits per heavy atom. The van der Waals surface area contributed by atoms with E-state index in [2.05, 4.69) is 19.2 Å². The fourth-order valence-electron chi connectivity index (χ4n) is 0.427. The van der Waals surface area contributed by atoms with Crippen LogP contribution in [0.5, 0.6) is 0 Å². The van der Waals surface area contributed by atoms with Crippen molar-refractivity contribution in [2.45, 2.75) is 19.8 Å². The zero-order valence-electron chi connectivity index (χ0n) is 5.44. The van der Waals surface area contributed by atoms with E-state index in [9.17, 15) is 0 Å². The first-order chi connectivity index (χ1) is 3.41. The SMILES string of the molecule is [CH2-]CNCCCC.[W]. The van der Waals surface area contributed by atoms with Crippen molar-refractivity contribution >= 4 is 0 Å². The van der Waals surface area contributed by atoms with E-state index >= 15 is 0 Å². The van der Waals surface area contributed by atoms with Crippen molar-refractivity contribution in [3.05, 3.63) is 6.92 Å². The van der Waals surface area contributed by atoms with Crippen LogP contribution in [0.4, 0.5) is 0 Å². The minimum atomic E-state index is 0. The Morgan fingerprint density at radius 1 is 1.50 bits per heavy atom. The summed E-state index contributed by atoms with van der Waals surface area (Å²) in [5, 5.41) is 3.14. The van der Waals surface area contributed by atoms with E-state index in [1.165, 1.54) is 12.8 Å². The van der Waals surface area contributed by atoms with Gasteiger partial charge in [-0.05, 0) is 13.0 Å². The van der Waals surface area contributed by atoms with Crippen LogP contribution in [-0.2, 0) is 21.1 Å². The van der Waals surface area contributed by atoms with Crippen molar-refractivity contribution in [1.29, 1.82) is 0 Å². The van der Waals surface area contributed by atoms with E-state index in [1.54, 1.807) is 0 Å². The van der Waals surface area contributed by atoms with E-state index in [0.717, 1.165) is 13.1 Å². The summed E-state index contributed by atoms with van der Waals surface area (Å²) in [4.78, 5) is 0. The molecule has 0 saturated carbocycles. The van der Waals surface area contributed by atoms with Crippen LogP contribution in [0.25, 0.3) is 0 Å². The van der Waals surface area contributed by atoms with E-state index in [1.807, 2.05) is 0 Å². The molecule has 0 aliphatic carbocycles. The molecular weight excluding hydrogens is 270 g/mol. The largest absolute Gasteiger partial charge is 0.346 e. The van der Waals surface area contributed by atoms with Gasteiger partial charge in [-0.15, -0.1) is 6.54 Å². The van der Waals surface area contributed by atoms with Crippen LogP contribution in [0, 0.1) is 6.92 Å². The van der Waals surface area contributed by atoms with Gasteiger partial charge in [-0.25, -0.2) is 0 Å². The molecule has 8 heavy (non-hydrogen) atoms. The third-order valence-corrected chi connectivity index (χ3v) is 0.884. The topological polar surface area (TPSA) is 12.0 Å². The van der Waals surface area contributed by atoms with Crippen molar-refractivity contribution in [1.82, 2.24) is 5.32 Å². The molecule has 0 aliphatic rings. The Kier molecular flexibility index (Phi) is 15.2. The molecule has 0 aromatic rings. The molecule has 50 valence electrons. The monoisotopic (exact) mass is 284 g/mol. The molecule has 1 N–H and O–H groups in total. The van der Waals surface area contributed by atoms with Gasteiger partial charge in [0, 0.05) is 21.1 Å². The number of hydrogen-bond donors (Lipinski definition) is 1. The van der Waals surface area contributed by atoms with Crippen LogP contribution in [0.3, 0.4) is 0 Å². The maximum Gasteiger partial charge on any atom is 0 e. The molecule has 0 spiro atoms. The molecule has 0 unspecified atom stereocenters. The number of hydrogen-bond acceptors (Lipinski definition) is 1. The molecular formula is C6H14NW-. The van der Waals surface area contributed by atoms with Gasteiger partial charge in [0.05, 0.1) is 0 Å². The van der Waals surface area contributed by atoms with Gasteiger partial charge in [0.1, 0.15) is 0 Å². The van der Waals surface area contributed by atoms with E-state index in [4.69, 9.17) is 0 Å². The fraction of sp³-hybridized carbons (Fsp3) is 0.833. The van der Waals surface area contributed by atoms with Gasteiger partial charge in [0.2, 0.25) is 0 Å². The van der Waals surface area contributed by atoms with E-state index in [-0.39, 0.29) is 21.1 Å². The van der Waals surface area contributed by atoms with Gasteiger partial charge < -0.3 is 12.2 Å². The van der Waals surface area contributed by atoms with E-state index in [0.29, 0.717) is 0 Å². The van der Waals surface area contributed by atoms with Crippen LogP contribution in [-0.4, -0.2) is 13.1 Å². The Morgan fingerprint density at radius 3 is 2.50 bits per heavy atom. The average molecular weight is 284 g/mol. The maximum atomic E-state index is 3.65. The van der Waals surface area contributed by atoms with Gasteiger partial charge in [-0.3, -0.25) is 0 Å². The van der Waals surface area contributed by atoms with Gasteiger partial charge >= 0.3 is 0 Å². The smallest absolute Gasteiger partial charge is 0 e. The first kappa shape index (κ1) is 11.4. The average Bonchev–Trinajstić information content (AvgIpc) is 1.69. The number of unbranched alkanes of at least 4 members (excludes halogenated alkanes) is 1.